The van der Waals surface area contributed by atoms with Crippen LogP contribution in [-0.2, 0) is 6.42 Å². The zero-order valence-corrected chi connectivity index (χ0v) is 17.0. The summed E-state index contributed by atoms with van der Waals surface area (Å²) in [5, 5.41) is 10.4. The summed E-state index contributed by atoms with van der Waals surface area (Å²) in [7, 11) is 0. The Hall–Kier alpha value is -3.49. The highest BCUT2D eigenvalue weighted by Crippen LogP contribution is 2.17. The van der Waals surface area contributed by atoms with Crippen molar-refractivity contribution in [2.45, 2.75) is 26.4 Å². The molecule has 0 radical (unpaired) electrons. The summed E-state index contributed by atoms with van der Waals surface area (Å²) in [6, 6.07) is 11.8. The summed E-state index contributed by atoms with van der Waals surface area (Å²) in [5.74, 6) is 1.44. The third kappa shape index (κ3) is 6.26. The number of para-hydroxylation sites is 1. The highest BCUT2D eigenvalue weighted by Gasteiger charge is 2.10. The van der Waals surface area contributed by atoms with Gasteiger partial charge in [0.15, 0.2) is 23.4 Å². The van der Waals surface area contributed by atoms with E-state index in [4.69, 9.17) is 9.26 Å². The Morgan fingerprint density at radius 2 is 2.03 bits per heavy atom. The Kier molecular flexibility index (Phi) is 7.71. The van der Waals surface area contributed by atoms with Crippen LogP contribution in [0.4, 0.5) is 4.39 Å². The molecule has 158 valence electrons. The van der Waals surface area contributed by atoms with Gasteiger partial charge in [0.1, 0.15) is 11.8 Å². The van der Waals surface area contributed by atoms with Crippen molar-refractivity contribution in [2.24, 2.45) is 4.99 Å². The van der Waals surface area contributed by atoms with Gasteiger partial charge in [-0.15, -0.1) is 0 Å². The monoisotopic (exact) mass is 412 g/mol. The molecule has 3 aromatic rings. The molecule has 0 aliphatic rings. The highest BCUT2D eigenvalue weighted by molar-refractivity contribution is 5.79. The second-order valence-corrected chi connectivity index (χ2v) is 6.49. The Labute approximate surface area is 174 Å². The van der Waals surface area contributed by atoms with Gasteiger partial charge in [0, 0.05) is 25.7 Å². The molecule has 0 bridgehead atoms. The predicted molar refractivity (Wildman–Crippen MR) is 112 cm³/mol. The average molecular weight is 412 g/mol. The number of guanidine groups is 1. The number of nitrogens with one attached hydrogen (secondary N) is 2. The molecule has 1 atom stereocenters. The molecule has 0 aliphatic heterocycles. The zero-order valence-electron chi connectivity index (χ0n) is 17.0. The molecule has 2 aromatic heterocycles. The van der Waals surface area contributed by atoms with Crippen molar-refractivity contribution in [3.63, 3.8) is 0 Å². The summed E-state index contributed by atoms with van der Waals surface area (Å²) in [5.41, 5.74) is 0.642. The van der Waals surface area contributed by atoms with Crippen molar-refractivity contribution in [3.8, 4) is 17.3 Å². The van der Waals surface area contributed by atoms with Crippen LogP contribution < -0.4 is 15.4 Å². The van der Waals surface area contributed by atoms with Crippen LogP contribution in [0.25, 0.3) is 11.6 Å². The molecule has 0 aliphatic carbocycles. The predicted octanol–water partition coefficient (Wildman–Crippen LogP) is 2.84. The molecule has 9 heteroatoms. The molecule has 0 fully saturated rings. The van der Waals surface area contributed by atoms with Crippen LogP contribution in [0.1, 0.15) is 19.7 Å². The van der Waals surface area contributed by atoms with E-state index in [9.17, 15) is 4.39 Å². The Morgan fingerprint density at radius 1 is 1.20 bits per heavy atom. The Balaban J connectivity index is 1.49. The molecule has 1 unspecified atom stereocenters. The lowest BCUT2D eigenvalue weighted by molar-refractivity contribution is 0.220. The molecule has 3 rings (SSSR count). The first-order valence-electron chi connectivity index (χ1n) is 9.83. The summed E-state index contributed by atoms with van der Waals surface area (Å²) < 4.78 is 24.6. The van der Waals surface area contributed by atoms with Gasteiger partial charge in [-0.05, 0) is 38.1 Å². The Bertz CT molecular complexity index is 947. The normalized spacial score (nSPS) is 12.4. The maximum atomic E-state index is 13.7. The summed E-state index contributed by atoms with van der Waals surface area (Å²) in [6.07, 6.45) is 1.95. The van der Waals surface area contributed by atoms with E-state index in [0.717, 1.165) is 0 Å². The minimum absolute atomic E-state index is 0.221. The number of ether oxygens (including phenoxy) is 1. The van der Waals surface area contributed by atoms with Crippen molar-refractivity contribution >= 4 is 5.96 Å². The topological polar surface area (TPSA) is 97.5 Å². The second kappa shape index (κ2) is 10.9. The first kappa shape index (κ1) is 21.2. The molecular weight excluding hydrogens is 387 g/mol. The highest BCUT2D eigenvalue weighted by atomic mass is 19.1. The molecule has 2 heterocycles. The first-order chi connectivity index (χ1) is 14.7. The second-order valence-electron chi connectivity index (χ2n) is 6.49. The van der Waals surface area contributed by atoms with E-state index in [1.165, 1.54) is 6.07 Å². The van der Waals surface area contributed by atoms with Gasteiger partial charge in [-0.1, -0.05) is 23.4 Å². The number of aromatic nitrogens is 3. The van der Waals surface area contributed by atoms with Crippen LogP contribution in [0.2, 0.25) is 0 Å². The zero-order chi connectivity index (χ0) is 21.2. The number of rotatable bonds is 9. The van der Waals surface area contributed by atoms with Gasteiger partial charge in [-0.25, -0.2) is 9.38 Å². The maximum absolute atomic E-state index is 13.7. The summed E-state index contributed by atoms with van der Waals surface area (Å²) in [4.78, 5) is 13.0. The molecule has 0 saturated carbocycles. The van der Waals surface area contributed by atoms with Gasteiger partial charge >= 0.3 is 0 Å². The number of hydrogen-bond acceptors (Lipinski definition) is 6. The third-order valence-electron chi connectivity index (χ3n) is 4.01. The molecule has 1 aromatic carbocycles. The minimum Gasteiger partial charge on any atom is -0.486 e. The summed E-state index contributed by atoms with van der Waals surface area (Å²) in [6.45, 7) is 5.47. The van der Waals surface area contributed by atoms with Gasteiger partial charge in [-0.2, -0.15) is 4.98 Å². The minimum atomic E-state index is -0.386. The number of pyridine rings is 1. The van der Waals surface area contributed by atoms with Gasteiger partial charge in [0.2, 0.25) is 0 Å². The Morgan fingerprint density at radius 3 is 2.80 bits per heavy atom. The lowest BCUT2D eigenvalue weighted by atomic mass is 10.3. The van der Waals surface area contributed by atoms with Gasteiger partial charge in [0.05, 0.1) is 6.54 Å². The molecule has 0 saturated heterocycles. The van der Waals surface area contributed by atoms with Crippen LogP contribution in [0.15, 0.2) is 58.2 Å². The SMILES string of the molecule is CCNC(=NCC(C)Oc1ccccc1F)NCCc1noc(-c2ccccn2)n1. The van der Waals surface area contributed by atoms with E-state index in [1.807, 2.05) is 32.0 Å². The number of halogens is 1. The number of hydrogen-bond donors (Lipinski definition) is 2. The average Bonchev–Trinajstić information content (AvgIpc) is 3.23. The maximum Gasteiger partial charge on any atom is 0.276 e. The standard InChI is InChI=1S/C21H25FN6O2/c1-3-23-21(26-14-15(2)29-18-10-5-4-8-16(18)22)25-13-11-19-27-20(30-28-19)17-9-6-7-12-24-17/h4-10,12,15H,3,11,13-14H2,1-2H3,(H2,23,25,26). The quantitative estimate of drug-likeness (QED) is 0.412. The third-order valence-corrected chi connectivity index (χ3v) is 4.01. The van der Waals surface area contributed by atoms with Crippen molar-refractivity contribution < 1.29 is 13.7 Å². The van der Waals surface area contributed by atoms with E-state index < -0.39 is 0 Å². The molecule has 2 N–H and O–H groups in total. The number of aliphatic imine (C=N–C) groups is 1. The summed E-state index contributed by atoms with van der Waals surface area (Å²) >= 11 is 0. The van der Waals surface area contributed by atoms with Crippen molar-refractivity contribution in [1.29, 1.82) is 0 Å². The molecule has 0 amide bonds. The number of nitrogens with zero attached hydrogens (tertiary/aromatic N) is 4. The molecular formula is C21H25FN6O2. The number of benzene rings is 1. The lowest BCUT2D eigenvalue weighted by Crippen LogP contribution is -2.39. The fourth-order valence-electron chi connectivity index (χ4n) is 2.60. The van der Waals surface area contributed by atoms with Crippen LogP contribution in [0, 0.1) is 5.82 Å². The van der Waals surface area contributed by atoms with E-state index in [1.54, 1.807) is 24.4 Å². The van der Waals surface area contributed by atoms with E-state index in [2.05, 4.69) is 30.8 Å². The van der Waals surface area contributed by atoms with Crippen LogP contribution in [-0.4, -0.2) is 46.8 Å². The van der Waals surface area contributed by atoms with E-state index in [0.29, 0.717) is 49.4 Å². The fourth-order valence-corrected chi connectivity index (χ4v) is 2.60. The van der Waals surface area contributed by atoms with Crippen LogP contribution in [0.5, 0.6) is 5.75 Å². The molecule has 30 heavy (non-hydrogen) atoms. The molecule has 0 spiro atoms. The smallest absolute Gasteiger partial charge is 0.276 e. The largest absolute Gasteiger partial charge is 0.486 e. The fraction of sp³-hybridized carbons (Fsp3) is 0.333. The van der Waals surface area contributed by atoms with Gasteiger partial charge in [0.25, 0.3) is 5.89 Å². The lowest BCUT2D eigenvalue weighted by Gasteiger charge is -2.15. The molecule has 8 nitrogen and oxygen atoms in total. The van der Waals surface area contributed by atoms with Crippen LogP contribution >= 0.6 is 0 Å². The van der Waals surface area contributed by atoms with Gasteiger partial charge < -0.3 is 19.9 Å². The van der Waals surface area contributed by atoms with E-state index in [-0.39, 0.29) is 17.7 Å². The van der Waals surface area contributed by atoms with Crippen molar-refractivity contribution in [2.75, 3.05) is 19.6 Å². The van der Waals surface area contributed by atoms with Crippen molar-refractivity contribution in [3.05, 3.63) is 60.3 Å². The first-order valence-corrected chi connectivity index (χ1v) is 9.83. The van der Waals surface area contributed by atoms with Crippen molar-refractivity contribution in [1.82, 2.24) is 25.8 Å². The van der Waals surface area contributed by atoms with E-state index >= 15 is 0 Å². The van der Waals surface area contributed by atoms with Gasteiger partial charge in [-0.3, -0.25) is 4.98 Å². The van der Waals surface area contributed by atoms with Crippen LogP contribution in [0.3, 0.4) is 0 Å².